The van der Waals surface area contributed by atoms with Crippen LogP contribution in [0.25, 0.3) is 22.4 Å². The molecule has 3 N–H and O–H groups in total. The van der Waals surface area contributed by atoms with Crippen molar-refractivity contribution in [2.45, 2.75) is 26.3 Å². The molecule has 1 fully saturated rings. The van der Waals surface area contributed by atoms with E-state index in [-0.39, 0.29) is 30.6 Å². The summed E-state index contributed by atoms with van der Waals surface area (Å²) in [6, 6.07) is 5.94. The average Bonchev–Trinajstić information content (AvgIpc) is 3.39. The van der Waals surface area contributed by atoms with Crippen LogP contribution in [-0.4, -0.2) is 56.2 Å². The number of benzene rings is 1. The van der Waals surface area contributed by atoms with Crippen molar-refractivity contribution < 1.29 is 5.11 Å². The number of anilines is 1. The molecule has 0 aliphatic carbocycles. The molecule has 2 aromatic heterocycles. The molecule has 1 aromatic carbocycles. The van der Waals surface area contributed by atoms with E-state index >= 15 is 0 Å². The zero-order valence-corrected chi connectivity index (χ0v) is 18.6. The lowest BCUT2D eigenvalue weighted by molar-refractivity contribution is 0.477. The van der Waals surface area contributed by atoms with Crippen molar-refractivity contribution in [3.8, 4) is 28.1 Å². The molecule has 0 bridgehead atoms. The molecule has 1 saturated heterocycles. The number of rotatable bonds is 6. The molecule has 3 aromatic rings. The summed E-state index contributed by atoms with van der Waals surface area (Å²) in [6.07, 6.45) is 6.30. The molecule has 1 atom stereocenters. The second-order valence-electron chi connectivity index (χ2n) is 7.53. The topological polar surface area (TPSA) is 103 Å². The smallest absolute Gasteiger partial charge is 0.245 e. The zero-order chi connectivity index (χ0) is 19.5. The molecule has 1 aliphatic heterocycles. The molecule has 0 saturated carbocycles. The molecule has 4 rings (SSSR count). The molecule has 0 radical (unpaired) electrons. The number of nitrogens with one attached hydrogen (secondary N) is 2. The summed E-state index contributed by atoms with van der Waals surface area (Å²) in [6.45, 7) is 7.21. The van der Waals surface area contributed by atoms with Crippen molar-refractivity contribution >= 4 is 30.8 Å². The van der Waals surface area contributed by atoms with Gasteiger partial charge in [0.25, 0.3) is 0 Å². The first kappa shape index (κ1) is 23.9. The Morgan fingerprint density at radius 1 is 1.20 bits per heavy atom. The minimum atomic E-state index is 0. The van der Waals surface area contributed by atoms with Gasteiger partial charge in [0.2, 0.25) is 5.95 Å². The van der Waals surface area contributed by atoms with Crippen LogP contribution < -0.4 is 10.2 Å². The summed E-state index contributed by atoms with van der Waals surface area (Å²) < 4.78 is 0. The highest BCUT2D eigenvalue weighted by atomic mass is 35.5. The highest BCUT2D eigenvalue weighted by Crippen LogP contribution is 2.32. The van der Waals surface area contributed by atoms with E-state index in [0.29, 0.717) is 29.2 Å². The van der Waals surface area contributed by atoms with E-state index in [1.165, 1.54) is 0 Å². The molecule has 30 heavy (non-hydrogen) atoms. The fourth-order valence-electron chi connectivity index (χ4n) is 3.46. The first-order valence-electron chi connectivity index (χ1n) is 9.60. The third kappa shape index (κ3) is 5.38. The highest BCUT2D eigenvalue weighted by Gasteiger charge is 2.24. The van der Waals surface area contributed by atoms with Gasteiger partial charge in [-0.3, -0.25) is 5.10 Å². The number of phenols is 1. The van der Waals surface area contributed by atoms with Crippen molar-refractivity contribution in [3.63, 3.8) is 0 Å². The Labute approximate surface area is 188 Å². The quantitative estimate of drug-likeness (QED) is 0.527. The Morgan fingerprint density at radius 2 is 2.03 bits per heavy atom. The van der Waals surface area contributed by atoms with Crippen molar-refractivity contribution in [3.05, 3.63) is 36.8 Å². The summed E-state index contributed by atoms with van der Waals surface area (Å²) in [5.41, 5.74) is 2.96. The average molecular weight is 452 g/mol. The lowest BCUT2D eigenvalue weighted by Gasteiger charge is -2.17. The van der Waals surface area contributed by atoms with E-state index in [1.54, 1.807) is 24.7 Å². The number of H-pyrrole nitrogens is 1. The maximum atomic E-state index is 10.4. The van der Waals surface area contributed by atoms with Gasteiger partial charge in [-0.2, -0.15) is 5.10 Å². The Morgan fingerprint density at radius 3 is 2.67 bits per heavy atom. The normalized spacial score (nSPS) is 15.7. The number of aromatic nitrogens is 5. The number of halogens is 2. The SMILES string of the molecule is CC(C)NCC1CCN(c2ncc(-c3ccc(-c4cn[nH]c4)cc3O)nn2)C1.Cl.Cl. The third-order valence-electron chi connectivity index (χ3n) is 5.04. The molecule has 0 spiro atoms. The summed E-state index contributed by atoms with van der Waals surface area (Å²) in [7, 11) is 0. The lowest BCUT2D eigenvalue weighted by Crippen LogP contribution is -2.31. The first-order valence-corrected chi connectivity index (χ1v) is 9.60. The van der Waals surface area contributed by atoms with Gasteiger partial charge in [-0.25, -0.2) is 4.98 Å². The molecular formula is C20H27Cl2N7O. The number of phenolic OH excluding ortho intramolecular Hbond substituents is 1. The molecule has 10 heteroatoms. The number of aromatic amines is 1. The highest BCUT2D eigenvalue weighted by molar-refractivity contribution is 5.85. The summed E-state index contributed by atoms with van der Waals surface area (Å²) in [5, 5.41) is 29.2. The fraction of sp³-hybridized carbons (Fsp3) is 0.400. The Balaban J connectivity index is 0.00000160. The summed E-state index contributed by atoms with van der Waals surface area (Å²) in [5.74, 6) is 1.39. The predicted molar refractivity (Wildman–Crippen MR) is 122 cm³/mol. The zero-order valence-electron chi connectivity index (χ0n) is 16.9. The van der Waals surface area contributed by atoms with Crippen LogP contribution in [0.1, 0.15) is 20.3 Å². The third-order valence-corrected chi connectivity index (χ3v) is 5.04. The lowest BCUT2D eigenvalue weighted by atomic mass is 10.0. The van der Waals surface area contributed by atoms with E-state index in [0.717, 1.165) is 37.2 Å². The van der Waals surface area contributed by atoms with Gasteiger partial charge in [0, 0.05) is 36.5 Å². The monoisotopic (exact) mass is 451 g/mol. The van der Waals surface area contributed by atoms with Gasteiger partial charge >= 0.3 is 0 Å². The Bertz CT molecular complexity index is 919. The standard InChI is InChI=1S/C20H25N7O.2ClH/c1-13(2)21-8-14-5-6-27(12-14)20-22-11-18(25-26-20)17-4-3-15(7-19(17)28)16-9-23-24-10-16;;/h3-4,7,9-11,13-14,21,28H,5-6,8,12H2,1-2H3,(H,23,24);2*1H. The van der Waals surface area contributed by atoms with Crippen LogP contribution in [0.15, 0.2) is 36.8 Å². The van der Waals surface area contributed by atoms with Crippen LogP contribution in [0.5, 0.6) is 5.75 Å². The van der Waals surface area contributed by atoms with Crippen molar-refractivity contribution in [1.29, 1.82) is 0 Å². The van der Waals surface area contributed by atoms with E-state index < -0.39 is 0 Å². The van der Waals surface area contributed by atoms with Crippen LogP contribution in [0.2, 0.25) is 0 Å². The molecule has 8 nitrogen and oxygen atoms in total. The second kappa shape index (κ2) is 10.6. The Hall–Kier alpha value is -2.42. The van der Waals surface area contributed by atoms with Crippen molar-refractivity contribution in [2.75, 3.05) is 24.5 Å². The van der Waals surface area contributed by atoms with Crippen LogP contribution in [0.4, 0.5) is 5.95 Å². The van der Waals surface area contributed by atoms with E-state index in [1.807, 2.05) is 12.1 Å². The predicted octanol–water partition coefficient (Wildman–Crippen LogP) is 3.30. The van der Waals surface area contributed by atoms with Gasteiger partial charge in [0.1, 0.15) is 11.4 Å². The van der Waals surface area contributed by atoms with E-state index in [9.17, 15) is 5.11 Å². The summed E-state index contributed by atoms with van der Waals surface area (Å²) >= 11 is 0. The van der Waals surface area contributed by atoms with Gasteiger partial charge in [-0.1, -0.05) is 19.9 Å². The van der Waals surface area contributed by atoms with Crippen LogP contribution in [-0.2, 0) is 0 Å². The molecule has 0 amide bonds. The summed E-state index contributed by atoms with van der Waals surface area (Å²) in [4.78, 5) is 6.66. The molecular weight excluding hydrogens is 425 g/mol. The first-order chi connectivity index (χ1) is 13.6. The van der Waals surface area contributed by atoms with E-state index in [4.69, 9.17) is 0 Å². The van der Waals surface area contributed by atoms with Gasteiger partial charge < -0.3 is 15.3 Å². The molecule has 1 aliphatic rings. The molecule has 3 heterocycles. The van der Waals surface area contributed by atoms with Gasteiger partial charge in [0.15, 0.2) is 0 Å². The number of aromatic hydroxyl groups is 1. The van der Waals surface area contributed by atoms with Crippen LogP contribution in [0.3, 0.4) is 0 Å². The van der Waals surface area contributed by atoms with Crippen LogP contribution >= 0.6 is 24.8 Å². The molecule has 162 valence electrons. The van der Waals surface area contributed by atoms with Gasteiger partial charge in [-0.15, -0.1) is 35.0 Å². The minimum Gasteiger partial charge on any atom is -0.507 e. The minimum absolute atomic E-state index is 0. The number of hydrogen-bond donors (Lipinski definition) is 3. The van der Waals surface area contributed by atoms with Crippen molar-refractivity contribution in [2.24, 2.45) is 5.92 Å². The van der Waals surface area contributed by atoms with Gasteiger partial charge in [-0.05, 0) is 36.6 Å². The molecule has 1 unspecified atom stereocenters. The maximum absolute atomic E-state index is 10.4. The van der Waals surface area contributed by atoms with Crippen molar-refractivity contribution in [1.82, 2.24) is 30.7 Å². The van der Waals surface area contributed by atoms with E-state index in [2.05, 4.69) is 49.4 Å². The Kier molecular flexibility index (Phi) is 8.40. The fourth-order valence-corrected chi connectivity index (χ4v) is 3.46. The largest absolute Gasteiger partial charge is 0.507 e. The van der Waals surface area contributed by atoms with Gasteiger partial charge in [0.05, 0.1) is 12.4 Å². The second-order valence-corrected chi connectivity index (χ2v) is 7.53. The van der Waals surface area contributed by atoms with Crippen LogP contribution in [0, 0.1) is 5.92 Å². The number of hydrogen-bond acceptors (Lipinski definition) is 7. The number of nitrogens with zero attached hydrogens (tertiary/aromatic N) is 5. The maximum Gasteiger partial charge on any atom is 0.245 e.